The Morgan fingerprint density at radius 2 is 0.821 bits per heavy atom. The minimum Gasteiger partial charge on any atom is -0.394 e. The number of hydrogen-bond donors (Lipinski definition) is 15. The molecule has 0 rings (SSSR count). The molecule has 27 heteroatoms. The first-order valence-electron chi connectivity index (χ1n) is 21.7. The number of Topliss-reactive ketones (excluding diaryl/α,β-unsaturated/α-hetero) is 9. The topological polar surface area (TPSA) is 401 Å². The number of ketones is 9. The Bertz CT molecular complexity index is 1670. The number of nitrogens with one attached hydrogen (secondary N) is 11. The molecule has 0 bridgehead atoms. The van der Waals surface area contributed by atoms with Crippen LogP contribution in [0.3, 0.4) is 0 Å². The third-order valence-corrected chi connectivity index (χ3v) is 10.6. The lowest BCUT2D eigenvalue weighted by Gasteiger charge is -2.27. The van der Waals surface area contributed by atoms with Crippen LogP contribution in [-0.4, -0.2) is 245 Å². The van der Waals surface area contributed by atoms with Crippen LogP contribution in [0.5, 0.6) is 0 Å². The molecule has 0 aliphatic carbocycles. The first-order chi connectivity index (χ1) is 31.6. The highest BCUT2D eigenvalue weighted by atomic mass is 16.3. The van der Waals surface area contributed by atoms with Crippen LogP contribution < -0.4 is 58.4 Å². The lowest BCUT2D eigenvalue weighted by Crippen LogP contribution is -2.62. The fourth-order valence-corrected chi connectivity index (χ4v) is 5.83. The van der Waals surface area contributed by atoms with Crippen LogP contribution in [0.1, 0.15) is 34.6 Å². The van der Waals surface area contributed by atoms with Gasteiger partial charge in [-0.25, -0.2) is 0 Å². The van der Waals surface area contributed by atoms with Crippen LogP contribution in [0.15, 0.2) is 0 Å². The molecule has 0 spiro atoms. The normalized spacial score (nSPS) is 16.4. The van der Waals surface area contributed by atoms with Gasteiger partial charge in [-0.2, -0.15) is 0 Å². The van der Waals surface area contributed by atoms with Crippen LogP contribution in [0.25, 0.3) is 0 Å². The number of carbonyl (C=O) groups is 11. The average Bonchev–Trinajstić information content (AvgIpc) is 3.31. The van der Waals surface area contributed by atoms with E-state index in [2.05, 4.69) is 58.4 Å². The molecule has 26 nitrogen and oxygen atoms in total. The molecule has 0 amide bonds. The van der Waals surface area contributed by atoms with Crippen molar-refractivity contribution in [2.75, 3.05) is 86.8 Å². The smallest absolute Gasteiger partial charge is 0.285 e. The van der Waals surface area contributed by atoms with Gasteiger partial charge >= 0.3 is 0 Å². The highest BCUT2D eigenvalue weighted by molar-refractivity contribution is 6.72. The zero-order valence-electron chi connectivity index (χ0n) is 39.5. The number of likely N-dealkylation sites (N-methyl/N-ethyl adjacent to an activating group) is 3. The molecule has 0 radical (unpaired) electrons. The third-order valence-electron chi connectivity index (χ3n) is 10.6. The molecule has 0 aromatic heterocycles. The summed E-state index contributed by atoms with van der Waals surface area (Å²) in [6, 6.07) is -11.9. The zero-order chi connectivity index (χ0) is 51.4. The van der Waals surface area contributed by atoms with Crippen LogP contribution in [0, 0.1) is 0 Å². The zero-order valence-corrected chi connectivity index (χ0v) is 39.5. The van der Waals surface area contributed by atoms with Crippen molar-refractivity contribution in [3.05, 3.63) is 0 Å². The minimum atomic E-state index is -1.87. The molecule has 0 aromatic rings. The molecule has 0 heterocycles. The molecule has 6 unspecified atom stereocenters. The monoisotopic (exact) mass is 958 g/mol. The van der Waals surface area contributed by atoms with E-state index in [4.69, 9.17) is 0 Å². The van der Waals surface area contributed by atoms with Crippen molar-refractivity contribution in [3.8, 4) is 0 Å². The van der Waals surface area contributed by atoms with Crippen molar-refractivity contribution >= 4 is 71.4 Å². The Hall–Kier alpha value is -4.17. The van der Waals surface area contributed by atoms with Crippen molar-refractivity contribution in [2.45, 2.75) is 101 Å². The molecule has 0 aliphatic rings. The van der Waals surface area contributed by atoms with Crippen LogP contribution in [0.4, 0.5) is 0 Å². The van der Waals surface area contributed by atoms with Crippen molar-refractivity contribution in [3.63, 3.8) is 0 Å². The first kappa shape index (κ1) is 62.8. The second-order valence-corrected chi connectivity index (χ2v) is 15.7. The maximum absolute atomic E-state index is 13.7. The van der Waals surface area contributed by atoms with Crippen LogP contribution in [-0.2, 0) is 52.7 Å². The Morgan fingerprint density at radius 1 is 0.478 bits per heavy atom. The molecule has 11 atom stereocenters. The largest absolute Gasteiger partial charge is 0.394 e. The molecule has 67 heavy (non-hydrogen) atoms. The maximum Gasteiger partial charge on any atom is 0.285 e. The number of carbonyl (C=O) groups excluding carboxylic acids is 11. The highest BCUT2D eigenvalue weighted by Gasteiger charge is 2.37. The van der Waals surface area contributed by atoms with Gasteiger partial charge in [0.1, 0.15) is 36.0 Å². The van der Waals surface area contributed by atoms with Gasteiger partial charge in [0, 0.05) is 6.54 Å². The molecule has 0 aliphatic heterocycles. The Balaban J connectivity index is 5.87. The first-order valence-corrected chi connectivity index (χ1v) is 21.7. The molecule has 380 valence electrons. The number of aliphatic hydroxyl groups is 4. The van der Waals surface area contributed by atoms with E-state index in [1.165, 1.54) is 35.0 Å². The van der Waals surface area contributed by atoms with E-state index in [0.717, 1.165) is 6.92 Å². The molecule has 0 saturated heterocycles. The van der Waals surface area contributed by atoms with E-state index < -0.39 is 159 Å². The SMILES string of the molecule is CN[C@@H](CO)C(=O)C(NCC(=O)C(NCC(=O)C(NCC(=O)C(C)NCC(=O)C(C)NCC(=O)C(C)NCC(=O)BN[C@@H](C)C=O)C(=O)[C@H](CO)NC)C(=O)[C@H](CO)NC)N[C@@H](CO)C(C)=O. The quantitative estimate of drug-likeness (QED) is 0.0117. The van der Waals surface area contributed by atoms with Gasteiger partial charge < -0.3 is 67.1 Å². The number of aliphatic hydroxyl groups excluding tert-OH is 4. The van der Waals surface area contributed by atoms with Crippen molar-refractivity contribution in [1.82, 2.24) is 58.4 Å². The third kappa shape index (κ3) is 22.7. The van der Waals surface area contributed by atoms with Crippen molar-refractivity contribution in [2.24, 2.45) is 0 Å². The van der Waals surface area contributed by atoms with Gasteiger partial charge in [0.15, 0.2) is 46.3 Å². The van der Waals surface area contributed by atoms with Crippen molar-refractivity contribution in [1.29, 1.82) is 0 Å². The maximum atomic E-state index is 13.7. The summed E-state index contributed by atoms with van der Waals surface area (Å²) in [5.41, 5.74) is -0.267. The average molecular weight is 958 g/mol. The standard InChI is InChI=1S/C40H72BN11O15/c1-20(15-53)52-41-34(64)14-47-23(4)30(60)10-45-21(2)29(59)9-46-22(3)31(61)11-48-35(37(65)26(17-55)42-6)32(62)12-49-36(38(66)27(18-56)43-7)33(63)13-50-40(39(67)28(19-57)44-8)51-25(16-54)24(5)58/h15,20-23,25-28,35-36,40-52,54-57H,9-14,16-19H2,1-8H3/t20-,21?,22?,23?,25-,26-,27-,28-,35?,36?,40?/m0/s1. The summed E-state index contributed by atoms with van der Waals surface area (Å²) >= 11 is 0. The lowest BCUT2D eigenvalue weighted by molar-refractivity contribution is -0.132. The van der Waals surface area contributed by atoms with E-state index >= 15 is 0 Å². The van der Waals surface area contributed by atoms with Gasteiger partial charge in [0.2, 0.25) is 0 Å². The Labute approximate surface area is 390 Å². The summed E-state index contributed by atoms with van der Waals surface area (Å²) in [4.78, 5) is 141. The fraction of sp³-hybridized carbons (Fsp3) is 0.725. The van der Waals surface area contributed by atoms with Gasteiger partial charge in [0.25, 0.3) is 7.41 Å². The fourth-order valence-electron chi connectivity index (χ4n) is 5.83. The molecule has 0 saturated carbocycles. The summed E-state index contributed by atoms with van der Waals surface area (Å²) in [5.74, 6) is -6.54. The minimum absolute atomic E-state index is 0.0643. The summed E-state index contributed by atoms with van der Waals surface area (Å²) in [5, 5.41) is 67.9. The molecule has 0 fully saturated rings. The Kier molecular flexibility index (Phi) is 32.0. The number of rotatable bonds is 43. The lowest BCUT2D eigenvalue weighted by atomic mass is 9.86. The molecule has 0 aromatic carbocycles. The summed E-state index contributed by atoms with van der Waals surface area (Å²) in [6.07, 6.45) is -0.883. The van der Waals surface area contributed by atoms with E-state index in [-0.39, 0.29) is 38.5 Å². The van der Waals surface area contributed by atoms with Gasteiger partial charge in [0.05, 0.1) is 107 Å². The highest BCUT2D eigenvalue weighted by Crippen LogP contribution is 2.02. The van der Waals surface area contributed by atoms with Crippen LogP contribution >= 0.6 is 0 Å². The number of hydrogen-bond acceptors (Lipinski definition) is 26. The number of aldehydes is 1. The predicted molar refractivity (Wildman–Crippen MR) is 243 cm³/mol. The van der Waals surface area contributed by atoms with Crippen LogP contribution in [0.2, 0.25) is 0 Å². The summed E-state index contributed by atoms with van der Waals surface area (Å²) < 4.78 is 0. The van der Waals surface area contributed by atoms with Gasteiger partial charge in [-0.05, 0) is 55.8 Å². The molecule has 15 N–H and O–H groups in total. The van der Waals surface area contributed by atoms with Gasteiger partial charge in [-0.1, -0.05) is 0 Å². The van der Waals surface area contributed by atoms with Crippen molar-refractivity contribution < 1.29 is 73.2 Å². The predicted octanol–water partition coefficient (Wildman–Crippen LogP) is -10.4. The summed E-state index contributed by atoms with van der Waals surface area (Å²) in [6.45, 7) is 1.28. The van der Waals surface area contributed by atoms with E-state index in [1.807, 2.05) is 0 Å². The summed E-state index contributed by atoms with van der Waals surface area (Å²) in [7, 11) is 3.95. The Morgan fingerprint density at radius 3 is 1.18 bits per heavy atom. The van der Waals surface area contributed by atoms with E-state index in [9.17, 15) is 73.2 Å². The van der Waals surface area contributed by atoms with Gasteiger partial charge in [-0.15, -0.1) is 0 Å². The van der Waals surface area contributed by atoms with E-state index in [0.29, 0.717) is 6.29 Å². The molecular weight excluding hydrogens is 885 g/mol. The van der Waals surface area contributed by atoms with E-state index in [1.54, 1.807) is 13.8 Å². The second-order valence-electron chi connectivity index (χ2n) is 15.7. The molecular formula is C40H72BN11O15. The van der Waals surface area contributed by atoms with Gasteiger partial charge in [-0.3, -0.25) is 64.4 Å². The second kappa shape index (κ2) is 34.2.